The number of amides is 4. The van der Waals surface area contributed by atoms with Gasteiger partial charge in [0.1, 0.15) is 0 Å². The van der Waals surface area contributed by atoms with Gasteiger partial charge in [-0.1, -0.05) is 24.3 Å². The molecule has 1 saturated heterocycles. The van der Waals surface area contributed by atoms with Crippen LogP contribution in [0.15, 0.2) is 60.9 Å². The third-order valence-corrected chi connectivity index (χ3v) is 4.27. The number of hydrogen-bond acceptors (Lipinski definition) is 6. The summed E-state index contributed by atoms with van der Waals surface area (Å²) in [5.74, 6) is -1.13. The highest BCUT2D eigenvalue weighted by Crippen LogP contribution is 2.22. The molecule has 0 spiro atoms. The fourth-order valence-corrected chi connectivity index (χ4v) is 2.86. The molecule has 1 aliphatic heterocycles. The highest BCUT2D eigenvalue weighted by Gasteiger charge is 2.49. The topological polar surface area (TPSA) is 131 Å². The van der Waals surface area contributed by atoms with Gasteiger partial charge in [-0.15, -0.1) is 5.10 Å². The molecule has 1 aromatic carbocycles. The number of pyridine rings is 1. The van der Waals surface area contributed by atoms with E-state index in [1.807, 2.05) is 18.2 Å². The maximum absolute atomic E-state index is 12.5. The number of urea groups is 1. The van der Waals surface area contributed by atoms with Gasteiger partial charge in [-0.3, -0.25) is 19.9 Å². The zero-order valence-corrected chi connectivity index (χ0v) is 14.5. The molecule has 140 valence electrons. The van der Waals surface area contributed by atoms with E-state index in [9.17, 15) is 14.4 Å². The Morgan fingerprint density at radius 2 is 1.89 bits per heavy atom. The van der Waals surface area contributed by atoms with Gasteiger partial charge in [0.2, 0.25) is 0 Å². The van der Waals surface area contributed by atoms with Gasteiger partial charge >= 0.3 is 6.03 Å². The molecule has 1 atom stereocenters. The van der Waals surface area contributed by atoms with E-state index in [1.165, 1.54) is 17.2 Å². The Morgan fingerprint density at radius 1 is 1.11 bits per heavy atom. The van der Waals surface area contributed by atoms with Crippen LogP contribution in [0.4, 0.5) is 4.79 Å². The van der Waals surface area contributed by atoms with Crippen molar-refractivity contribution in [2.75, 3.05) is 6.54 Å². The summed E-state index contributed by atoms with van der Waals surface area (Å²) in [6, 6.07) is 13.4. The van der Waals surface area contributed by atoms with Gasteiger partial charge in [-0.25, -0.2) is 4.79 Å². The van der Waals surface area contributed by atoms with Crippen molar-refractivity contribution in [2.45, 2.75) is 5.54 Å². The Hall–Kier alpha value is -4.08. The van der Waals surface area contributed by atoms with E-state index >= 15 is 0 Å². The fraction of sp³-hybridized carbons (Fsp3) is 0.111. The summed E-state index contributed by atoms with van der Waals surface area (Å²) >= 11 is 0. The van der Waals surface area contributed by atoms with Crippen LogP contribution in [0, 0.1) is 0 Å². The van der Waals surface area contributed by atoms with Crippen molar-refractivity contribution in [3.8, 4) is 5.69 Å². The summed E-state index contributed by atoms with van der Waals surface area (Å²) in [4.78, 5) is 42.1. The molecular formula is C18H15N7O3. The number of aromatic nitrogens is 4. The van der Waals surface area contributed by atoms with Crippen LogP contribution >= 0.6 is 0 Å². The van der Waals surface area contributed by atoms with E-state index in [4.69, 9.17) is 0 Å². The molecule has 3 N–H and O–H groups in total. The van der Waals surface area contributed by atoms with E-state index in [0.29, 0.717) is 11.4 Å². The van der Waals surface area contributed by atoms with Crippen LogP contribution in [0.25, 0.3) is 5.69 Å². The summed E-state index contributed by atoms with van der Waals surface area (Å²) in [6.07, 6.45) is 2.82. The summed E-state index contributed by atoms with van der Waals surface area (Å²) < 4.78 is 0. The summed E-state index contributed by atoms with van der Waals surface area (Å²) in [5.41, 5.74) is -0.408. The van der Waals surface area contributed by atoms with Crippen LogP contribution in [-0.2, 0) is 10.3 Å². The first-order valence-electron chi connectivity index (χ1n) is 8.39. The van der Waals surface area contributed by atoms with Crippen molar-refractivity contribution in [1.82, 2.24) is 35.9 Å². The first-order valence-corrected chi connectivity index (χ1v) is 8.39. The van der Waals surface area contributed by atoms with Crippen LogP contribution < -0.4 is 16.0 Å². The minimum Gasteiger partial charge on any atom is -0.347 e. The average Bonchev–Trinajstić information content (AvgIpc) is 3.33. The third-order valence-electron chi connectivity index (χ3n) is 4.27. The zero-order valence-electron chi connectivity index (χ0n) is 14.5. The van der Waals surface area contributed by atoms with Gasteiger partial charge in [-0.05, 0) is 24.3 Å². The number of carbonyl (C=O) groups excluding carboxylic acids is 3. The molecule has 1 fully saturated rings. The number of nitrogens with zero attached hydrogens (tertiary/aromatic N) is 4. The normalized spacial score (nSPS) is 18.4. The lowest BCUT2D eigenvalue weighted by Crippen LogP contribution is -2.53. The Bertz CT molecular complexity index is 1040. The van der Waals surface area contributed by atoms with Crippen LogP contribution in [0.3, 0.4) is 0 Å². The molecular weight excluding hydrogens is 362 g/mol. The molecule has 2 aromatic heterocycles. The van der Waals surface area contributed by atoms with Crippen molar-refractivity contribution < 1.29 is 14.4 Å². The molecule has 28 heavy (non-hydrogen) atoms. The number of rotatable bonds is 5. The molecule has 10 heteroatoms. The molecule has 4 amide bonds. The van der Waals surface area contributed by atoms with E-state index in [0.717, 1.165) is 0 Å². The number of para-hydroxylation sites is 1. The lowest BCUT2D eigenvalue weighted by Gasteiger charge is -2.25. The second-order valence-corrected chi connectivity index (χ2v) is 6.07. The van der Waals surface area contributed by atoms with E-state index in [2.05, 4.69) is 31.1 Å². The molecule has 1 aliphatic rings. The molecule has 4 rings (SSSR count). The van der Waals surface area contributed by atoms with Crippen LogP contribution in [0.2, 0.25) is 0 Å². The van der Waals surface area contributed by atoms with E-state index < -0.39 is 23.4 Å². The van der Waals surface area contributed by atoms with Crippen LogP contribution in [0.1, 0.15) is 16.2 Å². The Morgan fingerprint density at radius 3 is 2.57 bits per heavy atom. The summed E-state index contributed by atoms with van der Waals surface area (Å²) in [6.45, 7) is -0.196. The van der Waals surface area contributed by atoms with Gasteiger partial charge in [0, 0.05) is 6.20 Å². The largest absolute Gasteiger partial charge is 0.347 e. The second kappa shape index (κ2) is 6.91. The predicted octanol–water partition coefficient (Wildman–Crippen LogP) is 0.127. The second-order valence-electron chi connectivity index (χ2n) is 6.07. The Balaban J connectivity index is 1.54. The molecule has 3 aromatic rings. The molecule has 0 saturated carbocycles. The van der Waals surface area contributed by atoms with E-state index in [1.54, 1.807) is 30.3 Å². The van der Waals surface area contributed by atoms with E-state index in [-0.39, 0.29) is 12.2 Å². The highest BCUT2D eigenvalue weighted by atomic mass is 16.2. The Kier molecular flexibility index (Phi) is 4.28. The van der Waals surface area contributed by atoms with Gasteiger partial charge in [0.05, 0.1) is 24.1 Å². The number of hydrogen-bond donors (Lipinski definition) is 3. The van der Waals surface area contributed by atoms with Crippen molar-refractivity contribution in [3.05, 3.63) is 72.3 Å². The molecule has 1 unspecified atom stereocenters. The van der Waals surface area contributed by atoms with Crippen LogP contribution in [0.5, 0.6) is 0 Å². The maximum Gasteiger partial charge on any atom is 0.322 e. The number of imide groups is 1. The smallest absolute Gasteiger partial charge is 0.322 e. The van der Waals surface area contributed by atoms with Gasteiger partial charge < -0.3 is 10.6 Å². The number of carbonyl (C=O) groups is 3. The summed E-state index contributed by atoms with van der Waals surface area (Å²) in [5, 5.41) is 15.6. The lowest BCUT2D eigenvalue weighted by molar-refractivity contribution is -0.124. The minimum atomic E-state index is -1.50. The standard InChI is InChI=1S/C18H15N7O3/c26-15(13-10-21-25(24-13)12-6-2-1-3-7-12)20-11-18(14-8-4-5-9-19-14)16(27)22-17(28)23-18/h1-10H,11H2,(H,20,26)(H2,22,23,27,28). The van der Waals surface area contributed by atoms with Crippen molar-refractivity contribution >= 4 is 17.8 Å². The first-order chi connectivity index (χ1) is 13.6. The first kappa shape index (κ1) is 17.3. The van der Waals surface area contributed by atoms with Crippen molar-refractivity contribution in [2.24, 2.45) is 0 Å². The van der Waals surface area contributed by atoms with Gasteiger partial charge in [-0.2, -0.15) is 9.90 Å². The molecule has 10 nitrogen and oxygen atoms in total. The molecule has 3 heterocycles. The van der Waals surface area contributed by atoms with Gasteiger partial charge in [0.15, 0.2) is 11.2 Å². The fourth-order valence-electron chi connectivity index (χ4n) is 2.86. The van der Waals surface area contributed by atoms with Crippen molar-refractivity contribution in [3.63, 3.8) is 0 Å². The third kappa shape index (κ3) is 3.07. The monoisotopic (exact) mass is 377 g/mol. The number of nitrogens with one attached hydrogen (secondary N) is 3. The SMILES string of the molecule is O=C1NC(=O)C(CNC(=O)c2cnn(-c3ccccc3)n2)(c2ccccn2)N1. The summed E-state index contributed by atoms with van der Waals surface area (Å²) in [7, 11) is 0. The van der Waals surface area contributed by atoms with Crippen LogP contribution in [-0.4, -0.2) is 44.4 Å². The average molecular weight is 377 g/mol. The molecule has 0 radical (unpaired) electrons. The highest BCUT2D eigenvalue weighted by molar-refractivity contribution is 6.07. The predicted molar refractivity (Wildman–Crippen MR) is 96.3 cm³/mol. The zero-order chi connectivity index (χ0) is 19.6. The Labute approximate surface area is 159 Å². The molecule has 0 bridgehead atoms. The lowest BCUT2D eigenvalue weighted by atomic mass is 9.94. The maximum atomic E-state index is 12.5. The minimum absolute atomic E-state index is 0.0738. The van der Waals surface area contributed by atoms with Gasteiger partial charge in [0.25, 0.3) is 11.8 Å². The number of benzene rings is 1. The molecule has 0 aliphatic carbocycles. The van der Waals surface area contributed by atoms with Crippen molar-refractivity contribution in [1.29, 1.82) is 0 Å². The quantitative estimate of drug-likeness (QED) is 0.542.